The average Bonchev–Trinajstić information content (AvgIpc) is 2.61. The highest BCUT2D eigenvalue weighted by atomic mass is 16.2. The van der Waals surface area contributed by atoms with Crippen LogP contribution >= 0.6 is 0 Å². The van der Waals surface area contributed by atoms with E-state index in [1.165, 1.54) is 0 Å². The molecule has 0 aliphatic heterocycles. The molecule has 2 aromatic carbocycles. The summed E-state index contributed by atoms with van der Waals surface area (Å²) in [5.41, 5.74) is 2.25. The van der Waals surface area contributed by atoms with Gasteiger partial charge in [-0.2, -0.15) is 5.26 Å². The molecule has 0 atom stereocenters. The van der Waals surface area contributed by atoms with Gasteiger partial charge in [0.15, 0.2) is 0 Å². The van der Waals surface area contributed by atoms with Crippen LogP contribution in [0.4, 0.5) is 0 Å². The zero-order chi connectivity index (χ0) is 16.5. The van der Waals surface area contributed by atoms with Crippen molar-refractivity contribution in [1.82, 2.24) is 4.90 Å². The van der Waals surface area contributed by atoms with E-state index in [0.717, 1.165) is 17.5 Å². The number of nitriles is 1. The molecule has 3 nitrogen and oxygen atoms in total. The van der Waals surface area contributed by atoms with Crippen molar-refractivity contribution in [3.63, 3.8) is 0 Å². The summed E-state index contributed by atoms with van der Waals surface area (Å²) in [6.07, 6.45) is 1.24. The SMILES string of the molecule is CCCN(CC#N)C(=O)CC(c1ccccc1)c1ccccc1. The monoisotopic (exact) mass is 306 g/mol. The van der Waals surface area contributed by atoms with E-state index in [-0.39, 0.29) is 18.4 Å². The molecule has 0 aliphatic carbocycles. The number of hydrogen-bond acceptors (Lipinski definition) is 2. The Morgan fingerprint density at radius 2 is 1.57 bits per heavy atom. The van der Waals surface area contributed by atoms with Gasteiger partial charge in [-0.3, -0.25) is 4.79 Å². The van der Waals surface area contributed by atoms with Crippen molar-refractivity contribution in [2.24, 2.45) is 0 Å². The van der Waals surface area contributed by atoms with Crippen molar-refractivity contribution in [3.8, 4) is 6.07 Å². The highest BCUT2D eigenvalue weighted by Gasteiger charge is 2.21. The van der Waals surface area contributed by atoms with Crippen LogP contribution in [0, 0.1) is 11.3 Å². The maximum absolute atomic E-state index is 12.7. The van der Waals surface area contributed by atoms with Gasteiger partial charge in [0.2, 0.25) is 5.91 Å². The quantitative estimate of drug-likeness (QED) is 0.726. The molecular weight excluding hydrogens is 284 g/mol. The predicted molar refractivity (Wildman–Crippen MR) is 91.8 cm³/mol. The van der Waals surface area contributed by atoms with Gasteiger partial charge in [0, 0.05) is 18.9 Å². The lowest BCUT2D eigenvalue weighted by atomic mass is 9.88. The Labute approximate surface area is 138 Å². The molecule has 0 radical (unpaired) electrons. The Bertz CT molecular complexity index is 607. The smallest absolute Gasteiger partial charge is 0.224 e. The molecule has 118 valence electrons. The molecule has 0 unspecified atom stereocenters. The summed E-state index contributed by atoms with van der Waals surface area (Å²) in [4.78, 5) is 14.3. The largest absolute Gasteiger partial charge is 0.329 e. The second-order valence-corrected chi connectivity index (χ2v) is 5.55. The minimum atomic E-state index is 0.0166. The number of amides is 1. The lowest BCUT2D eigenvalue weighted by molar-refractivity contribution is -0.130. The maximum atomic E-state index is 12.7. The summed E-state index contributed by atoms with van der Waals surface area (Å²) in [5.74, 6) is 0.0501. The molecule has 3 heteroatoms. The van der Waals surface area contributed by atoms with Crippen LogP contribution in [0.5, 0.6) is 0 Å². The molecular formula is C20H22N2O. The van der Waals surface area contributed by atoms with E-state index >= 15 is 0 Å². The molecule has 1 amide bonds. The van der Waals surface area contributed by atoms with Crippen molar-refractivity contribution >= 4 is 5.91 Å². The van der Waals surface area contributed by atoms with Gasteiger partial charge in [0.25, 0.3) is 0 Å². The van der Waals surface area contributed by atoms with Gasteiger partial charge in [0.05, 0.1) is 6.07 Å². The van der Waals surface area contributed by atoms with E-state index in [0.29, 0.717) is 13.0 Å². The second kappa shape index (κ2) is 8.75. The summed E-state index contributed by atoms with van der Waals surface area (Å²) < 4.78 is 0. The van der Waals surface area contributed by atoms with Crippen LogP contribution in [0.1, 0.15) is 36.8 Å². The number of nitrogens with zero attached hydrogens (tertiary/aromatic N) is 2. The van der Waals surface area contributed by atoms with Gasteiger partial charge in [-0.25, -0.2) is 0 Å². The highest BCUT2D eigenvalue weighted by Crippen LogP contribution is 2.28. The van der Waals surface area contributed by atoms with Gasteiger partial charge >= 0.3 is 0 Å². The van der Waals surface area contributed by atoms with Gasteiger partial charge in [-0.05, 0) is 17.5 Å². The highest BCUT2D eigenvalue weighted by molar-refractivity contribution is 5.78. The van der Waals surface area contributed by atoms with Crippen LogP contribution in [0.2, 0.25) is 0 Å². The third-order valence-corrected chi connectivity index (χ3v) is 3.89. The van der Waals surface area contributed by atoms with E-state index in [4.69, 9.17) is 5.26 Å². The zero-order valence-electron chi connectivity index (χ0n) is 13.5. The summed E-state index contributed by atoms with van der Waals surface area (Å²) in [6.45, 7) is 2.80. The topological polar surface area (TPSA) is 44.1 Å². The lowest BCUT2D eigenvalue weighted by Crippen LogP contribution is -2.33. The molecule has 0 aliphatic rings. The first kappa shape index (κ1) is 16.8. The first-order valence-corrected chi connectivity index (χ1v) is 8.00. The van der Waals surface area contributed by atoms with Crippen LogP contribution in [0.25, 0.3) is 0 Å². The third kappa shape index (κ3) is 4.69. The van der Waals surface area contributed by atoms with Crippen molar-refractivity contribution < 1.29 is 4.79 Å². The molecule has 0 saturated carbocycles. The number of rotatable bonds is 7. The summed E-state index contributed by atoms with van der Waals surface area (Å²) >= 11 is 0. The summed E-state index contributed by atoms with van der Waals surface area (Å²) in [6, 6.07) is 22.2. The van der Waals surface area contributed by atoms with E-state index in [2.05, 4.69) is 30.3 Å². The van der Waals surface area contributed by atoms with Crippen LogP contribution in [-0.2, 0) is 4.79 Å². The fourth-order valence-electron chi connectivity index (χ4n) is 2.75. The number of benzene rings is 2. The minimum Gasteiger partial charge on any atom is -0.329 e. The summed E-state index contributed by atoms with van der Waals surface area (Å²) in [5, 5.41) is 8.94. The fraction of sp³-hybridized carbons (Fsp3) is 0.300. The first-order chi connectivity index (χ1) is 11.3. The van der Waals surface area contributed by atoms with Gasteiger partial charge in [-0.1, -0.05) is 67.6 Å². The number of carbonyl (C=O) groups is 1. The minimum absolute atomic E-state index is 0.0166. The van der Waals surface area contributed by atoms with Crippen LogP contribution in [0.15, 0.2) is 60.7 Å². The second-order valence-electron chi connectivity index (χ2n) is 5.55. The zero-order valence-corrected chi connectivity index (χ0v) is 13.5. The molecule has 0 bridgehead atoms. The van der Waals surface area contributed by atoms with E-state index in [9.17, 15) is 4.79 Å². The Morgan fingerprint density at radius 1 is 1.04 bits per heavy atom. The van der Waals surface area contributed by atoms with E-state index in [1.54, 1.807) is 4.90 Å². The first-order valence-electron chi connectivity index (χ1n) is 8.00. The Balaban J connectivity index is 2.25. The van der Waals surface area contributed by atoms with Crippen LogP contribution in [0.3, 0.4) is 0 Å². The Hall–Kier alpha value is -2.60. The standard InChI is InChI=1S/C20H22N2O/c1-2-14-22(15-13-21)20(23)16-19(17-9-5-3-6-10-17)18-11-7-4-8-12-18/h3-12,19H,2,14-16H2,1H3. The van der Waals surface area contributed by atoms with Crippen molar-refractivity contribution in [2.45, 2.75) is 25.7 Å². The molecule has 2 rings (SSSR count). The molecule has 2 aromatic rings. The van der Waals surface area contributed by atoms with E-state index < -0.39 is 0 Å². The molecule has 0 heterocycles. The lowest BCUT2D eigenvalue weighted by Gasteiger charge is -2.23. The van der Waals surface area contributed by atoms with Gasteiger partial charge in [-0.15, -0.1) is 0 Å². The molecule has 0 spiro atoms. The van der Waals surface area contributed by atoms with E-state index in [1.807, 2.05) is 43.3 Å². The molecule has 0 aromatic heterocycles. The van der Waals surface area contributed by atoms with Crippen LogP contribution in [-0.4, -0.2) is 23.9 Å². The predicted octanol–water partition coefficient (Wildman–Crippen LogP) is 3.97. The maximum Gasteiger partial charge on any atom is 0.224 e. The summed E-state index contributed by atoms with van der Waals surface area (Å²) in [7, 11) is 0. The van der Waals surface area contributed by atoms with Crippen molar-refractivity contribution in [2.75, 3.05) is 13.1 Å². The Morgan fingerprint density at radius 3 is 2.00 bits per heavy atom. The Kier molecular flexibility index (Phi) is 6.38. The molecule has 0 N–H and O–H groups in total. The van der Waals surface area contributed by atoms with Crippen LogP contribution < -0.4 is 0 Å². The third-order valence-electron chi connectivity index (χ3n) is 3.89. The number of hydrogen-bond donors (Lipinski definition) is 0. The average molecular weight is 306 g/mol. The van der Waals surface area contributed by atoms with Crippen molar-refractivity contribution in [3.05, 3.63) is 71.8 Å². The fourth-order valence-corrected chi connectivity index (χ4v) is 2.75. The number of carbonyl (C=O) groups excluding carboxylic acids is 1. The van der Waals surface area contributed by atoms with Gasteiger partial charge in [0.1, 0.15) is 6.54 Å². The molecule has 0 saturated heterocycles. The molecule has 0 fully saturated rings. The molecule has 23 heavy (non-hydrogen) atoms. The normalized spacial score (nSPS) is 10.3. The van der Waals surface area contributed by atoms with Gasteiger partial charge < -0.3 is 4.90 Å². The van der Waals surface area contributed by atoms with Crippen molar-refractivity contribution in [1.29, 1.82) is 5.26 Å².